The fourth-order valence-electron chi connectivity index (χ4n) is 3.34. The molecular formula is C19H29NO3. The van der Waals surface area contributed by atoms with Gasteiger partial charge >= 0.3 is 0 Å². The Morgan fingerprint density at radius 3 is 2.39 bits per heavy atom. The molecule has 128 valence electrons. The molecular weight excluding hydrogens is 290 g/mol. The zero-order chi connectivity index (χ0) is 16.8. The molecule has 1 aromatic carbocycles. The van der Waals surface area contributed by atoms with Crippen LogP contribution in [0.1, 0.15) is 64.5 Å². The van der Waals surface area contributed by atoms with E-state index in [4.69, 9.17) is 4.74 Å². The maximum Gasteiger partial charge on any atom is 0.260 e. The van der Waals surface area contributed by atoms with E-state index >= 15 is 0 Å². The molecule has 4 nitrogen and oxygen atoms in total. The molecule has 0 heterocycles. The van der Waals surface area contributed by atoms with Gasteiger partial charge in [0, 0.05) is 12.1 Å². The highest BCUT2D eigenvalue weighted by Crippen LogP contribution is 2.25. The van der Waals surface area contributed by atoms with Crippen LogP contribution in [0.3, 0.4) is 0 Å². The van der Waals surface area contributed by atoms with E-state index in [0.29, 0.717) is 18.2 Å². The van der Waals surface area contributed by atoms with Crippen molar-refractivity contribution in [1.29, 1.82) is 0 Å². The number of ether oxygens (including phenoxy) is 1. The van der Waals surface area contributed by atoms with Crippen molar-refractivity contribution in [3.63, 3.8) is 0 Å². The van der Waals surface area contributed by atoms with Gasteiger partial charge in [-0.2, -0.15) is 0 Å². The molecule has 0 aromatic heterocycles. The van der Waals surface area contributed by atoms with Crippen LogP contribution in [0.4, 0.5) is 0 Å². The number of aliphatic hydroxyl groups excluding tert-OH is 1. The van der Waals surface area contributed by atoms with E-state index in [1.165, 1.54) is 12.8 Å². The largest absolute Gasteiger partial charge is 0.484 e. The van der Waals surface area contributed by atoms with Crippen molar-refractivity contribution in [2.75, 3.05) is 6.61 Å². The van der Waals surface area contributed by atoms with Crippen LogP contribution >= 0.6 is 0 Å². The Labute approximate surface area is 139 Å². The highest BCUT2D eigenvalue weighted by Gasteiger charge is 2.28. The average Bonchev–Trinajstić information content (AvgIpc) is 3.06. The molecule has 4 heteroatoms. The lowest BCUT2D eigenvalue weighted by atomic mass is 10.1. The third kappa shape index (κ3) is 4.71. The summed E-state index contributed by atoms with van der Waals surface area (Å²) in [4.78, 5) is 14.5. The SMILES string of the molecule is CCC(O)c1ccc(OCC(=O)N(C(C)C)C2CCCC2)cc1. The summed E-state index contributed by atoms with van der Waals surface area (Å²) in [5.74, 6) is 0.727. The normalized spacial score (nSPS) is 16.6. The van der Waals surface area contributed by atoms with Gasteiger partial charge in [-0.1, -0.05) is 31.9 Å². The standard InChI is InChI=1S/C19H29NO3/c1-4-18(21)15-9-11-17(12-10-15)23-13-19(22)20(14(2)3)16-7-5-6-8-16/h9-12,14,16,18,21H,4-8,13H2,1-3H3. The van der Waals surface area contributed by atoms with Crippen molar-refractivity contribution in [3.05, 3.63) is 29.8 Å². The molecule has 1 atom stereocenters. The van der Waals surface area contributed by atoms with Gasteiger partial charge in [0.2, 0.25) is 0 Å². The third-order valence-electron chi connectivity index (χ3n) is 4.58. The minimum atomic E-state index is -0.440. The van der Waals surface area contributed by atoms with Gasteiger partial charge in [-0.25, -0.2) is 0 Å². The van der Waals surface area contributed by atoms with E-state index in [0.717, 1.165) is 18.4 Å². The average molecular weight is 319 g/mol. The maximum absolute atomic E-state index is 12.5. The summed E-state index contributed by atoms with van der Waals surface area (Å²) in [5.41, 5.74) is 0.876. The van der Waals surface area contributed by atoms with E-state index in [-0.39, 0.29) is 18.6 Å². The lowest BCUT2D eigenvalue weighted by Gasteiger charge is -2.32. The summed E-state index contributed by atoms with van der Waals surface area (Å²) >= 11 is 0. The third-order valence-corrected chi connectivity index (χ3v) is 4.58. The van der Waals surface area contributed by atoms with Crippen molar-refractivity contribution in [2.24, 2.45) is 0 Å². The number of hydrogen-bond acceptors (Lipinski definition) is 3. The molecule has 1 amide bonds. The van der Waals surface area contributed by atoms with Crippen molar-refractivity contribution in [2.45, 2.75) is 71.1 Å². The van der Waals surface area contributed by atoms with Crippen LogP contribution in [-0.4, -0.2) is 34.6 Å². The van der Waals surface area contributed by atoms with Crippen LogP contribution in [0.15, 0.2) is 24.3 Å². The van der Waals surface area contributed by atoms with Crippen molar-refractivity contribution in [1.82, 2.24) is 4.90 Å². The molecule has 1 fully saturated rings. The number of benzene rings is 1. The van der Waals surface area contributed by atoms with Crippen LogP contribution < -0.4 is 4.74 Å². The first kappa shape index (κ1) is 17.8. The van der Waals surface area contributed by atoms with Gasteiger partial charge in [0.1, 0.15) is 5.75 Å². The molecule has 0 spiro atoms. The van der Waals surface area contributed by atoms with E-state index in [1.54, 1.807) is 0 Å². The minimum Gasteiger partial charge on any atom is -0.484 e. The Morgan fingerprint density at radius 2 is 1.87 bits per heavy atom. The number of carbonyl (C=O) groups is 1. The van der Waals surface area contributed by atoms with Gasteiger partial charge in [-0.3, -0.25) is 4.79 Å². The number of aliphatic hydroxyl groups is 1. The zero-order valence-corrected chi connectivity index (χ0v) is 14.5. The van der Waals surface area contributed by atoms with Gasteiger partial charge in [-0.15, -0.1) is 0 Å². The van der Waals surface area contributed by atoms with Crippen molar-refractivity contribution < 1.29 is 14.6 Å². The van der Waals surface area contributed by atoms with Crippen LogP contribution in [0.25, 0.3) is 0 Å². The Balaban J connectivity index is 1.92. The molecule has 1 saturated carbocycles. The smallest absolute Gasteiger partial charge is 0.260 e. The monoisotopic (exact) mass is 319 g/mol. The molecule has 1 aliphatic carbocycles. The number of hydrogen-bond donors (Lipinski definition) is 1. The second kappa shape index (κ2) is 8.34. The summed E-state index contributed by atoms with van der Waals surface area (Å²) in [6.45, 7) is 6.15. The fraction of sp³-hybridized carbons (Fsp3) is 0.632. The number of rotatable bonds is 7. The second-order valence-corrected chi connectivity index (χ2v) is 6.61. The first-order chi connectivity index (χ1) is 11.0. The quantitative estimate of drug-likeness (QED) is 0.834. The highest BCUT2D eigenvalue weighted by molar-refractivity contribution is 5.78. The first-order valence-corrected chi connectivity index (χ1v) is 8.75. The van der Waals surface area contributed by atoms with E-state index < -0.39 is 6.10 Å². The van der Waals surface area contributed by atoms with E-state index in [2.05, 4.69) is 13.8 Å². The lowest BCUT2D eigenvalue weighted by Crippen LogP contribution is -2.45. The lowest BCUT2D eigenvalue weighted by molar-refractivity contribution is -0.137. The Kier molecular flexibility index (Phi) is 6.46. The van der Waals surface area contributed by atoms with Gasteiger partial charge < -0.3 is 14.7 Å². The van der Waals surface area contributed by atoms with Crippen LogP contribution in [0.2, 0.25) is 0 Å². The number of nitrogens with zero attached hydrogens (tertiary/aromatic N) is 1. The zero-order valence-electron chi connectivity index (χ0n) is 14.5. The van der Waals surface area contributed by atoms with Crippen molar-refractivity contribution >= 4 is 5.91 Å². The Bertz CT molecular complexity index is 492. The molecule has 0 radical (unpaired) electrons. The first-order valence-electron chi connectivity index (χ1n) is 8.75. The van der Waals surface area contributed by atoms with E-state index in [1.807, 2.05) is 36.1 Å². The summed E-state index contributed by atoms with van der Waals surface area (Å²) in [7, 11) is 0. The molecule has 23 heavy (non-hydrogen) atoms. The van der Waals surface area contributed by atoms with Gasteiger partial charge in [0.15, 0.2) is 6.61 Å². The molecule has 0 bridgehead atoms. The summed E-state index contributed by atoms with van der Waals surface area (Å²) in [6, 6.07) is 7.91. The number of amides is 1. The molecule has 0 saturated heterocycles. The molecule has 1 unspecified atom stereocenters. The fourth-order valence-corrected chi connectivity index (χ4v) is 3.34. The van der Waals surface area contributed by atoms with E-state index in [9.17, 15) is 9.90 Å². The maximum atomic E-state index is 12.5. The van der Waals surface area contributed by atoms with Crippen LogP contribution in [0.5, 0.6) is 5.75 Å². The van der Waals surface area contributed by atoms with Crippen molar-refractivity contribution in [3.8, 4) is 5.75 Å². The molecule has 1 N–H and O–H groups in total. The predicted molar refractivity (Wildman–Crippen MR) is 91.4 cm³/mol. The highest BCUT2D eigenvalue weighted by atomic mass is 16.5. The second-order valence-electron chi connectivity index (χ2n) is 6.61. The Morgan fingerprint density at radius 1 is 1.26 bits per heavy atom. The molecule has 1 aromatic rings. The summed E-state index contributed by atoms with van der Waals surface area (Å²) < 4.78 is 5.65. The van der Waals surface area contributed by atoms with Gasteiger partial charge in [0.25, 0.3) is 5.91 Å². The molecule has 1 aliphatic rings. The summed E-state index contributed by atoms with van der Waals surface area (Å²) in [6.07, 6.45) is 4.88. The van der Waals surface area contributed by atoms with Crippen LogP contribution in [0, 0.1) is 0 Å². The topological polar surface area (TPSA) is 49.8 Å². The van der Waals surface area contributed by atoms with Crippen LogP contribution in [-0.2, 0) is 4.79 Å². The molecule has 0 aliphatic heterocycles. The predicted octanol–water partition coefficient (Wildman–Crippen LogP) is 3.69. The minimum absolute atomic E-state index is 0.0598. The van der Waals surface area contributed by atoms with Gasteiger partial charge in [-0.05, 0) is 50.8 Å². The molecule has 2 rings (SSSR count). The summed E-state index contributed by atoms with van der Waals surface area (Å²) in [5, 5.41) is 9.79. The Hall–Kier alpha value is -1.55. The number of carbonyl (C=O) groups excluding carboxylic acids is 1. The van der Waals surface area contributed by atoms with Gasteiger partial charge in [0.05, 0.1) is 6.10 Å².